The first-order chi connectivity index (χ1) is 8.84. The monoisotopic (exact) mass is 237 g/mol. The molecule has 2 aliphatic rings. The fourth-order valence-corrected chi connectivity index (χ4v) is 3.52. The van der Waals surface area contributed by atoms with Gasteiger partial charge in [0.25, 0.3) is 0 Å². The lowest BCUT2D eigenvalue weighted by atomic mass is 9.88. The van der Waals surface area contributed by atoms with Crippen LogP contribution < -0.4 is 0 Å². The molecule has 1 unspecified atom stereocenters. The number of hydrogen-bond acceptors (Lipinski definition) is 1. The van der Waals surface area contributed by atoms with Gasteiger partial charge in [0, 0.05) is 6.54 Å². The number of carbonyl (C=O) groups excluding carboxylic acids is 1. The van der Waals surface area contributed by atoms with E-state index in [2.05, 4.69) is 41.3 Å². The molecule has 90 valence electrons. The topological polar surface area (TPSA) is 20.3 Å². The van der Waals surface area contributed by atoms with Crippen LogP contribution in [0.3, 0.4) is 0 Å². The van der Waals surface area contributed by atoms with Crippen molar-refractivity contribution in [3.63, 3.8) is 0 Å². The van der Waals surface area contributed by atoms with Gasteiger partial charge in [-0.15, -0.1) is 0 Å². The minimum atomic E-state index is 0.306. The van der Waals surface area contributed by atoms with Crippen LogP contribution in [0.5, 0.6) is 0 Å². The van der Waals surface area contributed by atoms with Gasteiger partial charge in [-0.2, -0.15) is 0 Å². The van der Waals surface area contributed by atoms with Crippen molar-refractivity contribution in [3.8, 4) is 0 Å². The summed E-state index contributed by atoms with van der Waals surface area (Å²) in [6.07, 6.45) is 2.84. The van der Waals surface area contributed by atoms with E-state index in [-0.39, 0.29) is 0 Å². The maximum atomic E-state index is 12.1. The molecule has 1 saturated heterocycles. The molecule has 2 heterocycles. The molecule has 1 amide bonds. The van der Waals surface area contributed by atoms with Crippen LogP contribution in [0.25, 0.3) is 10.8 Å². The van der Waals surface area contributed by atoms with E-state index in [0.717, 1.165) is 19.4 Å². The molecule has 0 aliphatic carbocycles. The predicted octanol–water partition coefficient (Wildman–Crippen LogP) is 3.06. The molecule has 18 heavy (non-hydrogen) atoms. The average molecular weight is 237 g/mol. The Morgan fingerprint density at radius 2 is 2.00 bits per heavy atom. The number of nitrogens with zero attached hydrogens (tertiary/aromatic N) is 1. The number of fused-ring (bicyclic) bond motifs is 5. The zero-order chi connectivity index (χ0) is 12.1. The van der Waals surface area contributed by atoms with E-state index < -0.39 is 0 Å². The van der Waals surface area contributed by atoms with Gasteiger partial charge in [0.1, 0.15) is 0 Å². The van der Waals surface area contributed by atoms with Gasteiger partial charge in [0.2, 0.25) is 5.91 Å². The van der Waals surface area contributed by atoms with Gasteiger partial charge < -0.3 is 4.90 Å². The van der Waals surface area contributed by atoms with E-state index in [1.807, 2.05) is 0 Å². The first kappa shape index (κ1) is 10.1. The lowest BCUT2D eigenvalue weighted by molar-refractivity contribution is -0.132. The minimum absolute atomic E-state index is 0.306. The standard InChI is InChI=1S/C16H15NO/c18-15-10-12-8-7-11-4-1-2-5-13(11)16(12)14-6-3-9-17(14)15/h1-2,4-5,7-8,14H,3,6,9-10H2. The second-order valence-corrected chi connectivity index (χ2v) is 5.28. The Labute approximate surface area is 106 Å². The fraction of sp³-hybridized carbons (Fsp3) is 0.312. The first-order valence-electron chi connectivity index (χ1n) is 6.64. The highest BCUT2D eigenvalue weighted by Crippen LogP contribution is 2.41. The molecule has 2 aromatic carbocycles. The van der Waals surface area contributed by atoms with Crippen LogP contribution in [0.2, 0.25) is 0 Å². The fourth-order valence-electron chi connectivity index (χ4n) is 3.52. The van der Waals surface area contributed by atoms with Gasteiger partial charge in [0.05, 0.1) is 12.5 Å². The molecule has 1 atom stereocenters. The minimum Gasteiger partial charge on any atom is -0.335 e. The molecule has 0 radical (unpaired) electrons. The molecule has 2 nitrogen and oxygen atoms in total. The summed E-state index contributed by atoms with van der Waals surface area (Å²) in [6.45, 7) is 0.937. The van der Waals surface area contributed by atoms with Gasteiger partial charge >= 0.3 is 0 Å². The summed E-state index contributed by atoms with van der Waals surface area (Å²) in [4.78, 5) is 14.2. The third-order valence-electron chi connectivity index (χ3n) is 4.31. The van der Waals surface area contributed by atoms with Crippen molar-refractivity contribution in [3.05, 3.63) is 47.5 Å². The quantitative estimate of drug-likeness (QED) is 0.689. The summed E-state index contributed by atoms with van der Waals surface area (Å²) >= 11 is 0. The summed E-state index contributed by atoms with van der Waals surface area (Å²) in [6, 6.07) is 13.1. The number of rotatable bonds is 0. The Balaban J connectivity index is 2.03. The first-order valence-corrected chi connectivity index (χ1v) is 6.64. The predicted molar refractivity (Wildman–Crippen MR) is 71.3 cm³/mol. The van der Waals surface area contributed by atoms with Crippen LogP contribution in [0, 0.1) is 0 Å². The summed E-state index contributed by atoms with van der Waals surface area (Å²) in [7, 11) is 0. The molecule has 2 aromatic rings. The smallest absolute Gasteiger partial charge is 0.227 e. The molecule has 0 bridgehead atoms. The molecule has 0 saturated carbocycles. The summed E-state index contributed by atoms with van der Waals surface area (Å²) in [5.41, 5.74) is 2.65. The highest BCUT2D eigenvalue weighted by Gasteiger charge is 2.36. The molecule has 2 aliphatic heterocycles. The van der Waals surface area contributed by atoms with Crippen LogP contribution in [-0.4, -0.2) is 17.4 Å². The molecule has 2 heteroatoms. The van der Waals surface area contributed by atoms with Crippen molar-refractivity contribution < 1.29 is 4.79 Å². The molecule has 0 N–H and O–H groups in total. The van der Waals surface area contributed by atoms with Crippen molar-refractivity contribution in [2.75, 3.05) is 6.54 Å². The molecular weight excluding hydrogens is 222 g/mol. The van der Waals surface area contributed by atoms with Crippen LogP contribution in [0.15, 0.2) is 36.4 Å². The van der Waals surface area contributed by atoms with E-state index >= 15 is 0 Å². The number of hydrogen-bond donors (Lipinski definition) is 0. The Morgan fingerprint density at radius 1 is 1.11 bits per heavy atom. The number of carbonyl (C=O) groups is 1. The van der Waals surface area contributed by atoms with Gasteiger partial charge in [-0.1, -0.05) is 36.4 Å². The Bertz CT molecular complexity index is 647. The Morgan fingerprint density at radius 3 is 2.94 bits per heavy atom. The van der Waals surface area contributed by atoms with Gasteiger partial charge in [0.15, 0.2) is 0 Å². The molecule has 0 spiro atoms. The highest BCUT2D eigenvalue weighted by molar-refractivity contribution is 5.92. The number of amides is 1. The lowest BCUT2D eigenvalue weighted by Crippen LogP contribution is -2.36. The van der Waals surface area contributed by atoms with Gasteiger partial charge in [-0.3, -0.25) is 4.79 Å². The van der Waals surface area contributed by atoms with Crippen molar-refractivity contribution >= 4 is 16.7 Å². The van der Waals surface area contributed by atoms with Crippen LogP contribution in [-0.2, 0) is 11.2 Å². The SMILES string of the molecule is O=C1Cc2ccc3ccccc3c2C2CCCN12. The van der Waals surface area contributed by atoms with E-state index in [1.54, 1.807) is 0 Å². The van der Waals surface area contributed by atoms with Crippen molar-refractivity contribution in [2.24, 2.45) is 0 Å². The Kier molecular flexibility index (Phi) is 2.01. The van der Waals surface area contributed by atoms with Crippen molar-refractivity contribution in [1.29, 1.82) is 0 Å². The van der Waals surface area contributed by atoms with E-state index in [1.165, 1.54) is 21.9 Å². The highest BCUT2D eigenvalue weighted by atomic mass is 16.2. The van der Waals surface area contributed by atoms with Crippen LogP contribution in [0.4, 0.5) is 0 Å². The zero-order valence-electron chi connectivity index (χ0n) is 10.2. The second-order valence-electron chi connectivity index (χ2n) is 5.28. The Hall–Kier alpha value is -1.83. The largest absolute Gasteiger partial charge is 0.335 e. The normalized spacial score (nSPS) is 22.1. The molecule has 0 aromatic heterocycles. The summed E-state index contributed by atoms with van der Waals surface area (Å²) < 4.78 is 0. The maximum Gasteiger partial charge on any atom is 0.227 e. The zero-order valence-corrected chi connectivity index (χ0v) is 10.2. The third kappa shape index (κ3) is 1.26. The van der Waals surface area contributed by atoms with E-state index in [9.17, 15) is 4.79 Å². The van der Waals surface area contributed by atoms with E-state index in [4.69, 9.17) is 0 Å². The third-order valence-corrected chi connectivity index (χ3v) is 4.31. The van der Waals surface area contributed by atoms with Crippen LogP contribution >= 0.6 is 0 Å². The summed E-state index contributed by atoms with van der Waals surface area (Å²) in [5.74, 6) is 0.306. The van der Waals surface area contributed by atoms with Crippen LogP contribution in [0.1, 0.15) is 30.0 Å². The number of benzene rings is 2. The lowest BCUT2D eigenvalue weighted by Gasteiger charge is -2.32. The van der Waals surface area contributed by atoms with Crippen molar-refractivity contribution in [2.45, 2.75) is 25.3 Å². The molecule has 1 fully saturated rings. The van der Waals surface area contributed by atoms with Crippen molar-refractivity contribution in [1.82, 2.24) is 4.90 Å². The average Bonchev–Trinajstić information content (AvgIpc) is 2.88. The summed E-state index contributed by atoms with van der Waals surface area (Å²) in [5, 5.41) is 2.62. The second kappa shape index (κ2) is 3.58. The molecular formula is C16H15NO. The van der Waals surface area contributed by atoms with Gasteiger partial charge in [-0.05, 0) is 34.7 Å². The van der Waals surface area contributed by atoms with Gasteiger partial charge in [-0.25, -0.2) is 0 Å². The maximum absolute atomic E-state index is 12.1. The molecule has 4 rings (SSSR count). The van der Waals surface area contributed by atoms with E-state index in [0.29, 0.717) is 18.4 Å².